The number of nitrogens with zero attached hydrogens (tertiary/aromatic N) is 1. The van der Waals surface area contributed by atoms with Gasteiger partial charge in [0.15, 0.2) is 0 Å². The summed E-state index contributed by atoms with van der Waals surface area (Å²) in [5.74, 6) is 6.03. The van der Waals surface area contributed by atoms with Gasteiger partial charge in [-0.05, 0) is 39.3 Å². The van der Waals surface area contributed by atoms with Crippen molar-refractivity contribution in [3.05, 3.63) is 21.4 Å². The summed E-state index contributed by atoms with van der Waals surface area (Å²) in [5, 5.41) is 3.26. The predicted octanol–water partition coefficient (Wildman–Crippen LogP) is 1.85. The van der Waals surface area contributed by atoms with Gasteiger partial charge in [-0.2, -0.15) is 0 Å². The molecular formula is C11H20N4S. The molecule has 1 aromatic heterocycles. The van der Waals surface area contributed by atoms with Crippen LogP contribution in [0.25, 0.3) is 0 Å². The summed E-state index contributed by atoms with van der Waals surface area (Å²) >= 11 is 1.81. The molecule has 0 saturated heterocycles. The molecular weight excluding hydrogens is 220 g/mol. The number of hydrogen-bond acceptors (Lipinski definition) is 3. The van der Waals surface area contributed by atoms with Crippen molar-refractivity contribution in [2.24, 2.45) is 10.8 Å². The summed E-state index contributed by atoms with van der Waals surface area (Å²) in [6.45, 7) is 9.05. The third-order valence-electron chi connectivity index (χ3n) is 2.35. The van der Waals surface area contributed by atoms with E-state index in [2.05, 4.69) is 42.6 Å². The van der Waals surface area contributed by atoms with Gasteiger partial charge in [-0.1, -0.05) is 0 Å². The van der Waals surface area contributed by atoms with E-state index in [4.69, 9.17) is 5.84 Å². The van der Waals surface area contributed by atoms with Gasteiger partial charge in [0, 0.05) is 16.3 Å². The van der Waals surface area contributed by atoms with Crippen molar-refractivity contribution >= 4 is 17.3 Å². The summed E-state index contributed by atoms with van der Waals surface area (Å²) in [4.78, 5) is 6.89. The van der Waals surface area contributed by atoms with Crippen molar-refractivity contribution < 1.29 is 0 Å². The topological polar surface area (TPSA) is 62.4 Å². The SMILES string of the molecule is CCN=C(NN)NC(C)c1cc(C)sc1C. The van der Waals surface area contributed by atoms with Crippen LogP contribution in [0.1, 0.15) is 35.2 Å². The highest BCUT2D eigenvalue weighted by molar-refractivity contribution is 7.12. The Morgan fingerprint density at radius 2 is 2.25 bits per heavy atom. The molecule has 1 aromatic rings. The van der Waals surface area contributed by atoms with Gasteiger partial charge in [-0.15, -0.1) is 11.3 Å². The molecule has 1 heterocycles. The van der Waals surface area contributed by atoms with Gasteiger partial charge in [-0.3, -0.25) is 10.4 Å². The molecule has 0 saturated carbocycles. The molecule has 0 amide bonds. The van der Waals surface area contributed by atoms with Crippen LogP contribution in [0.15, 0.2) is 11.1 Å². The maximum Gasteiger partial charge on any atom is 0.206 e. The van der Waals surface area contributed by atoms with E-state index in [0.29, 0.717) is 12.5 Å². The molecule has 4 N–H and O–H groups in total. The molecule has 0 radical (unpaired) electrons. The van der Waals surface area contributed by atoms with Gasteiger partial charge >= 0.3 is 0 Å². The van der Waals surface area contributed by atoms with Crippen LogP contribution < -0.4 is 16.6 Å². The second-order valence-corrected chi connectivity index (χ2v) is 5.16. The van der Waals surface area contributed by atoms with Crippen LogP contribution in [0.4, 0.5) is 0 Å². The molecule has 1 rings (SSSR count). The summed E-state index contributed by atoms with van der Waals surface area (Å²) in [6.07, 6.45) is 0. The van der Waals surface area contributed by atoms with E-state index in [9.17, 15) is 0 Å². The molecule has 4 nitrogen and oxygen atoms in total. The Bertz CT molecular complexity index is 370. The fourth-order valence-electron chi connectivity index (χ4n) is 1.65. The lowest BCUT2D eigenvalue weighted by Crippen LogP contribution is -2.42. The van der Waals surface area contributed by atoms with E-state index in [1.54, 1.807) is 0 Å². The predicted molar refractivity (Wildman–Crippen MR) is 70.6 cm³/mol. The fraction of sp³-hybridized carbons (Fsp3) is 0.545. The number of nitrogens with one attached hydrogen (secondary N) is 2. The Balaban J connectivity index is 2.75. The molecule has 1 unspecified atom stereocenters. The first-order chi connectivity index (χ1) is 7.58. The summed E-state index contributed by atoms with van der Waals surface area (Å²) < 4.78 is 0. The van der Waals surface area contributed by atoms with Crippen LogP contribution in [0.2, 0.25) is 0 Å². The maximum absolute atomic E-state index is 5.39. The molecule has 0 aromatic carbocycles. The minimum atomic E-state index is 0.214. The maximum atomic E-state index is 5.39. The van der Waals surface area contributed by atoms with Crippen LogP contribution in [-0.2, 0) is 0 Å². The first kappa shape index (κ1) is 13.0. The quantitative estimate of drug-likeness (QED) is 0.327. The highest BCUT2D eigenvalue weighted by Gasteiger charge is 2.12. The van der Waals surface area contributed by atoms with Gasteiger partial charge in [0.05, 0.1) is 6.04 Å². The second kappa shape index (κ2) is 5.86. The molecule has 5 heteroatoms. The van der Waals surface area contributed by atoms with E-state index in [1.807, 2.05) is 18.3 Å². The molecule has 0 aliphatic carbocycles. The Hall–Kier alpha value is -1.07. The first-order valence-electron chi connectivity index (χ1n) is 5.43. The monoisotopic (exact) mass is 240 g/mol. The Kier molecular flexibility index (Phi) is 4.76. The van der Waals surface area contributed by atoms with Crippen LogP contribution in [-0.4, -0.2) is 12.5 Å². The molecule has 0 spiro atoms. The number of hydrazine groups is 1. The third kappa shape index (κ3) is 3.21. The number of rotatable bonds is 3. The number of thiophene rings is 1. The lowest BCUT2D eigenvalue weighted by molar-refractivity contribution is 0.688. The van der Waals surface area contributed by atoms with Gasteiger partial charge in [0.1, 0.15) is 0 Å². The van der Waals surface area contributed by atoms with Crippen molar-refractivity contribution in [1.82, 2.24) is 10.7 Å². The van der Waals surface area contributed by atoms with Crippen molar-refractivity contribution in [3.8, 4) is 0 Å². The van der Waals surface area contributed by atoms with Gasteiger partial charge in [-0.25, -0.2) is 5.84 Å². The van der Waals surface area contributed by atoms with E-state index in [-0.39, 0.29) is 6.04 Å². The van der Waals surface area contributed by atoms with E-state index >= 15 is 0 Å². The average molecular weight is 240 g/mol. The standard InChI is InChI=1S/C11H20N4S/c1-5-13-11(15-12)14-8(3)10-6-7(2)16-9(10)4/h6,8H,5,12H2,1-4H3,(H2,13,14,15). The molecule has 0 aliphatic heterocycles. The zero-order chi connectivity index (χ0) is 12.1. The van der Waals surface area contributed by atoms with Crippen molar-refractivity contribution in [2.75, 3.05) is 6.54 Å². The Morgan fingerprint density at radius 3 is 2.69 bits per heavy atom. The fourth-order valence-corrected chi connectivity index (χ4v) is 2.68. The molecule has 0 fully saturated rings. The van der Waals surface area contributed by atoms with Gasteiger partial charge in [0.25, 0.3) is 0 Å². The van der Waals surface area contributed by atoms with Crippen molar-refractivity contribution in [3.63, 3.8) is 0 Å². The minimum absolute atomic E-state index is 0.214. The van der Waals surface area contributed by atoms with Crippen LogP contribution in [0.3, 0.4) is 0 Å². The zero-order valence-electron chi connectivity index (χ0n) is 10.3. The van der Waals surface area contributed by atoms with Gasteiger partial charge in [0.2, 0.25) is 5.96 Å². The second-order valence-electron chi connectivity index (χ2n) is 3.70. The van der Waals surface area contributed by atoms with E-state index in [0.717, 1.165) is 0 Å². The number of aryl methyl sites for hydroxylation is 2. The first-order valence-corrected chi connectivity index (χ1v) is 6.24. The number of nitrogens with two attached hydrogens (primary N) is 1. The minimum Gasteiger partial charge on any atom is -0.349 e. The summed E-state index contributed by atoms with van der Waals surface area (Å²) in [7, 11) is 0. The molecule has 90 valence electrons. The molecule has 0 aliphatic rings. The lowest BCUT2D eigenvalue weighted by Gasteiger charge is -2.16. The third-order valence-corrected chi connectivity index (χ3v) is 3.33. The van der Waals surface area contributed by atoms with E-state index in [1.165, 1.54) is 15.3 Å². The lowest BCUT2D eigenvalue weighted by atomic mass is 10.1. The molecule has 16 heavy (non-hydrogen) atoms. The number of hydrogen-bond donors (Lipinski definition) is 3. The Morgan fingerprint density at radius 1 is 1.56 bits per heavy atom. The zero-order valence-corrected chi connectivity index (χ0v) is 11.1. The summed E-state index contributed by atoms with van der Waals surface area (Å²) in [6, 6.07) is 2.42. The van der Waals surface area contributed by atoms with E-state index < -0.39 is 0 Å². The highest BCUT2D eigenvalue weighted by atomic mass is 32.1. The van der Waals surface area contributed by atoms with Crippen LogP contribution in [0.5, 0.6) is 0 Å². The van der Waals surface area contributed by atoms with Crippen LogP contribution in [0, 0.1) is 13.8 Å². The normalized spacial score (nSPS) is 13.7. The van der Waals surface area contributed by atoms with Crippen molar-refractivity contribution in [2.45, 2.75) is 33.7 Å². The molecule has 1 atom stereocenters. The Labute approximate surface area is 101 Å². The smallest absolute Gasteiger partial charge is 0.206 e. The number of guanidine groups is 1. The largest absolute Gasteiger partial charge is 0.349 e. The van der Waals surface area contributed by atoms with Crippen LogP contribution >= 0.6 is 11.3 Å². The molecule has 0 bridgehead atoms. The van der Waals surface area contributed by atoms with Crippen molar-refractivity contribution in [1.29, 1.82) is 0 Å². The van der Waals surface area contributed by atoms with Gasteiger partial charge < -0.3 is 5.32 Å². The average Bonchev–Trinajstić information content (AvgIpc) is 2.57. The number of aliphatic imine (C=N–C) groups is 1. The summed E-state index contributed by atoms with van der Waals surface area (Å²) in [5.41, 5.74) is 3.88. The highest BCUT2D eigenvalue weighted by Crippen LogP contribution is 2.25.